The van der Waals surface area contributed by atoms with Crippen molar-refractivity contribution in [2.24, 2.45) is 5.84 Å². The molecule has 0 radical (unpaired) electrons. The van der Waals surface area contributed by atoms with Gasteiger partial charge in [0, 0.05) is 6.07 Å². The van der Waals surface area contributed by atoms with Crippen LogP contribution in [0.3, 0.4) is 0 Å². The lowest BCUT2D eigenvalue weighted by atomic mass is 10.1. The number of hydrazine groups is 1. The van der Waals surface area contributed by atoms with E-state index >= 15 is 0 Å². The van der Waals surface area contributed by atoms with E-state index in [1.165, 1.54) is 11.6 Å². The lowest BCUT2D eigenvalue weighted by molar-refractivity contribution is -0.384. The summed E-state index contributed by atoms with van der Waals surface area (Å²) < 4.78 is 5.67. The molecule has 0 unspecified atom stereocenters. The van der Waals surface area contributed by atoms with Gasteiger partial charge in [0.2, 0.25) is 0 Å². The fraction of sp³-hybridized carbons (Fsp3) is 0.200. The lowest BCUT2D eigenvalue weighted by Gasteiger charge is -2.09. The Balaban J connectivity index is 2.12. The molecule has 0 aliphatic heterocycles. The van der Waals surface area contributed by atoms with E-state index in [0.717, 1.165) is 12.2 Å². The van der Waals surface area contributed by atoms with Gasteiger partial charge in [0.15, 0.2) is 0 Å². The molecule has 0 bridgehead atoms. The maximum Gasteiger partial charge on any atom is 0.294 e. The van der Waals surface area contributed by atoms with Crippen LogP contribution in [0.2, 0.25) is 0 Å². The second-order valence-corrected chi connectivity index (χ2v) is 4.54. The quantitative estimate of drug-likeness (QED) is 0.484. The zero-order valence-corrected chi connectivity index (χ0v) is 11.7. The highest BCUT2D eigenvalue weighted by molar-refractivity contribution is 5.61. The molecule has 0 spiro atoms. The number of nitrogens with two attached hydrogens (primary N) is 1. The average Bonchev–Trinajstić information content (AvgIpc) is 2.52. The van der Waals surface area contributed by atoms with Crippen molar-refractivity contribution in [3.63, 3.8) is 0 Å². The van der Waals surface area contributed by atoms with E-state index in [0.29, 0.717) is 5.56 Å². The predicted molar refractivity (Wildman–Crippen MR) is 81.1 cm³/mol. The first-order valence-corrected chi connectivity index (χ1v) is 6.59. The molecule has 0 fully saturated rings. The van der Waals surface area contributed by atoms with Gasteiger partial charge in [-0.25, -0.2) is 0 Å². The fourth-order valence-corrected chi connectivity index (χ4v) is 1.96. The number of benzene rings is 2. The van der Waals surface area contributed by atoms with Gasteiger partial charge in [0.05, 0.1) is 4.92 Å². The van der Waals surface area contributed by atoms with E-state index in [1.807, 2.05) is 24.3 Å². The number of nitro groups is 1. The minimum absolute atomic E-state index is 0.0686. The van der Waals surface area contributed by atoms with Crippen LogP contribution in [0.4, 0.5) is 11.4 Å². The SMILES string of the molecule is CCc1cccc(OCc2ccc(NN)c([N+](=O)[O-])c2)c1. The van der Waals surface area contributed by atoms with Crippen molar-refractivity contribution in [3.05, 3.63) is 63.7 Å². The van der Waals surface area contributed by atoms with E-state index in [1.54, 1.807) is 12.1 Å². The normalized spacial score (nSPS) is 10.2. The number of ether oxygens (including phenoxy) is 1. The second kappa shape index (κ2) is 6.71. The number of aryl methyl sites for hydroxylation is 1. The summed E-state index contributed by atoms with van der Waals surface area (Å²) in [5.74, 6) is 6.00. The molecule has 6 heteroatoms. The zero-order chi connectivity index (χ0) is 15.2. The summed E-state index contributed by atoms with van der Waals surface area (Å²) in [6.07, 6.45) is 0.930. The molecule has 0 aliphatic carbocycles. The molecule has 0 amide bonds. The highest BCUT2D eigenvalue weighted by Gasteiger charge is 2.13. The van der Waals surface area contributed by atoms with Crippen molar-refractivity contribution in [1.82, 2.24) is 0 Å². The van der Waals surface area contributed by atoms with Crippen LogP contribution < -0.4 is 16.0 Å². The molecule has 21 heavy (non-hydrogen) atoms. The predicted octanol–water partition coefficient (Wildman–Crippen LogP) is 3.02. The smallest absolute Gasteiger partial charge is 0.294 e. The minimum atomic E-state index is -0.476. The number of anilines is 1. The van der Waals surface area contributed by atoms with Crippen molar-refractivity contribution in [2.45, 2.75) is 20.0 Å². The Morgan fingerprint density at radius 2 is 2.05 bits per heavy atom. The number of nitrogens with zero attached hydrogens (tertiary/aromatic N) is 1. The van der Waals surface area contributed by atoms with E-state index in [4.69, 9.17) is 10.6 Å². The first-order valence-electron chi connectivity index (χ1n) is 6.59. The molecular formula is C15H17N3O3. The first-order chi connectivity index (χ1) is 10.1. The summed E-state index contributed by atoms with van der Waals surface area (Å²) in [6, 6.07) is 12.6. The molecule has 3 N–H and O–H groups in total. The van der Waals surface area contributed by atoms with Gasteiger partial charge < -0.3 is 10.2 Å². The Kier molecular flexibility index (Phi) is 4.73. The maximum atomic E-state index is 11.0. The summed E-state index contributed by atoms with van der Waals surface area (Å²) >= 11 is 0. The van der Waals surface area contributed by atoms with Crippen molar-refractivity contribution >= 4 is 11.4 Å². The highest BCUT2D eigenvalue weighted by Crippen LogP contribution is 2.25. The topological polar surface area (TPSA) is 90.4 Å². The highest BCUT2D eigenvalue weighted by atomic mass is 16.6. The first kappa shape index (κ1) is 14.8. The van der Waals surface area contributed by atoms with Crippen LogP contribution in [-0.4, -0.2) is 4.92 Å². The van der Waals surface area contributed by atoms with E-state index < -0.39 is 4.92 Å². The van der Waals surface area contributed by atoms with Gasteiger partial charge in [0.1, 0.15) is 18.0 Å². The molecule has 0 heterocycles. The summed E-state index contributed by atoms with van der Waals surface area (Å²) in [7, 11) is 0. The Labute approximate surface area is 122 Å². The van der Waals surface area contributed by atoms with Crippen LogP contribution in [0.25, 0.3) is 0 Å². The van der Waals surface area contributed by atoms with E-state index in [-0.39, 0.29) is 18.0 Å². The van der Waals surface area contributed by atoms with E-state index in [2.05, 4.69) is 12.3 Å². The van der Waals surface area contributed by atoms with Gasteiger partial charge >= 0.3 is 0 Å². The Morgan fingerprint density at radius 3 is 2.71 bits per heavy atom. The van der Waals surface area contributed by atoms with Gasteiger partial charge in [-0.05, 0) is 35.7 Å². The molecule has 2 rings (SSSR count). The summed E-state index contributed by atoms with van der Waals surface area (Å²) in [4.78, 5) is 10.5. The zero-order valence-electron chi connectivity index (χ0n) is 11.7. The monoisotopic (exact) mass is 287 g/mol. The third kappa shape index (κ3) is 3.70. The molecule has 2 aromatic carbocycles. The van der Waals surface area contributed by atoms with Crippen molar-refractivity contribution in [2.75, 3.05) is 5.43 Å². The van der Waals surface area contributed by atoms with Gasteiger partial charge in [-0.1, -0.05) is 25.1 Å². The van der Waals surface area contributed by atoms with Gasteiger partial charge in [-0.3, -0.25) is 16.0 Å². The largest absolute Gasteiger partial charge is 0.489 e. The fourth-order valence-electron chi connectivity index (χ4n) is 1.96. The standard InChI is InChI=1S/C15H17N3O3/c1-2-11-4-3-5-13(8-11)21-10-12-6-7-14(17-16)15(9-12)18(19)20/h3-9,17H,2,10,16H2,1H3. The molecule has 2 aromatic rings. The Bertz CT molecular complexity index is 644. The molecular weight excluding hydrogens is 270 g/mol. The van der Waals surface area contributed by atoms with Crippen molar-refractivity contribution in [1.29, 1.82) is 0 Å². The summed E-state index contributed by atoms with van der Waals surface area (Å²) in [6.45, 7) is 2.33. The molecule has 0 saturated heterocycles. The second-order valence-electron chi connectivity index (χ2n) is 4.54. The van der Waals surface area contributed by atoms with Crippen LogP contribution in [0.15, 0.2) is 42.5 Å². The van der Waals surface area contributed by atoms with Crippen molar-refractivity contribution < 1.29 is 9.66 Å². The lowest BCUT2D eigenvalue weighted by Crippen LogP contribution is -2.09. The van der Waals surface area contributed by atoms with Crippen molar-refractivity contribution in [3.8, 4) is 5.75 Å². The number of hydrogen-bond acceptors (Lipinski definition) is 5. The average molecular weight is 287 g/mol. The molecule has 0 saturated carbocycles. The number of nitro benzene ring substituents is 1. The number of rotatable bonds is 6. The van der Waals surface area contributed by atoms with Crippen LogP contribution >= 0.6 is 0 Å². The van der Waals surface area contributed by atoms with Crippen LogP contribution in [0.1, 0.15) is 18.1 Å². The third-order valence-electron chi connectivity index (χ3n) is 3.13. The van der Waals surface area contributed by atoms with Crippen LogP contribution in [-0.2, 0) is 13.0 Å². The summed E-state index contributed by atoms with van der Waals surface area (Å²) in [5, 5.41) is 11.0. The van der Waals surface area contributed by atoms with E-state index in [9.17, 15) is 10.1 Å². The van der Waals surface area contributed by atoms with Gasteiger partial charge in [0.25, 0.3) is 5.69 Å². The number of nitrogens with one attached hydrogen (secondary N) is 1. The molecule has 0 aliphatic rings. The molecule has 6 nitrogen and oxygen atoms in total. The third-order valence-corrected chi connectivity index (χ3v) is 3.13. The molecule has 0 aromatic heterocycles. The number of hydrogen-bond donors (Lipinski definition) is 2. The number of nitrogen functional groups attached to an aromatic ring is 1. The molecule has 110 valence electrons. The van der Waals surface area contributed by atoms with Gasteiger partial charge in [-0.2, -0.15) is 0 Å². The van der Waals surface area contributed by atoms with Crippen LogP contribution in [0.5, 0.6) is 5.75 Å². The van der Waals surface area contributed by atoms with Gasteiger partial charge in [-0.15, -0.1) is 0 Å². The Morgan fingerprint density at radius 1 is 1.24 bits per heavy atom. The summed E-state index contributed by atoms with van der Waals surface area (Å²) in [5.41, 5.74) is 4.41. The minimum Gasteiger partial charge on any atom is -0.489 e. The molecule has 0 atom stereocenters. The van der Waals surface area contributed by atoms with Crippen LogP contribution in [0, 0.1) is 10.1 Å². The Hall–Kier alpha value is -2.60. The maximum absolute atomic E-state index is 11.0.